The fourth-order valence-electron chi connectivity index (χ4n) is 2.50. The molecular weight excluding hydrogens is 296 g/mol. The average molecular weight is 324 g/mol. The smallest absolute Gasteiger partial charge is 0.191 e. The zero-order valence-electron chi connectivity index (χ0n) is 14.9. The van der Waals surface area contributed by atoms with Crippen molar-refractivity contribution in [3.8, 4) is 0 Å². The molecule has 0 aliphatic carbocycles. The molecule has 2 aromatic carbocycles. The van der Waals surface area contributed by atoms with Crippen molar-refractivity contribution in [1.29, 1.82) is 0 Å². The lowest BCUT2D eigenvalue weighted by atomic mass is 10.1. The van der Waals surface area contributed by atoms with Crippen LogP contribution in [-0.2, 0) is 19.6 Å². The molecule has 0 saturated heterocycles. The van der Waals surface area contributed by atoms with Gasteiger partial charge in [0.2, 0.25) is 0 Å². The molecule has 0 aromatic heterocycles. The number of rotatable bonds is 7. The third-order valence-electron chi connectivity index (χ3n) is 3.66. The molecule has 2 aromatic rings. The van der Waals surface area contributed by atoms with Crippen LogP contribution in [-0.4, -0.2) is 31.5 Å². The van der Waals surface area contributed by atoms with E-state index in [0.717, 1.165) is 25.6 Å². The molecule has 0 aliphatic rings. The molecule has 0 bridgehead atoms. The molecule has 0 saturated carbocycles. The van der Waals surface area contributed by atoms with Crippen molar-refractivity contribution in [1.82, 2.24) is 15.5 Å². The monoisotopic (exact) mass is 324 g/mol. The number of guanidine groups is 1. The molecule has 0 amide bonds. The summed E-state index contributed by atoms with van der Waals surface area (Å²) in [5.74, 6) is 0.848. The fraction of sp³-hybridized carbons (Fsp3) is 0.350. The zero-order valence-corrected chi connectivity index (χ0v) is 14.9. The summed E-state index contributed by atoms with van der Waals surface area (Å²) < 4.78 is 0. The Morgan fingerprint density at radius 1 is 0.917 bits per heavy atom. The maximum absolute atomic E-state index is 4.67. The van der Waals surface area contributed by atoms with Crippen molar-refractivity contribution in [2.75, 3.05) is 20.6 Å². The SMILES string of the molecule is CCNC(=NCc1ccccc1)NCc1ccccc1CN(C)C. The quantitative estimate of drug-likeness (QED) is 0.607. The summed E-state index contributed by atoms with van der Waals surface area (Å²) in [7, 11) is 4.19. The first-order valence-electron chi connectivity index (χ1n) is 8.46. The van der Waals surface area contributed by atoms with E-state index in [-0.39, 0.29) is 0 Å². The number of benzene rings is 2. The van der Waals surface area contributed by atoms with Crippen LogP contribution in [0.2, 0.25) is 0 Å². The van der Waals surface area contributed by atoms with Gasteiger partial charge in [-0.3, -0.25) is 0 Å². The van der Waals surface area contributed by atoms with Crippen LogP contribution in [0.1, 0.15) is 23.6 Å². The lowest BCUT2D eigenvalue weighted by molar-refractivity contribution is 0.400. The Balaban J connectivity index is 2.01. The molecule has 0 aliphatic heterocycles. The zero-order chi connectivity index (χ0) is 17.2. The normalized spacial score (nSPS) is 11.6. The number of aliphatic imine (C=N–C) groups is 1. The highest BCUT2D eigenvalue weighted by Crippen LogP contribution is 2.10. The molecule has 2 N–H and O–H groups in total. The Kier molecular flexibility index (Phi) is 7.30. The third kappa shape index (κ3) is 6.05. The van der Waals surface area contributed by atoms with Gasteiger partial charge in [0, 0.05) is 19.6 Å². The van der Waals surface area contributed by atoms with Crippen LogP contribution in [0.15, 0.2) is 59.6 Å². The Hall–Kier alpha value is -2.33. The van der Waals surface area contributed by atoms with Gasteiger partial charge in [0.1, 0.15) is 0 Å². The average Bonchev–Trinajstić information content (AvgIpc) is 2.59. The van der Waals surface area contributed by atoms with Crippen LogP contribution in [0.4, 0.5) is 0 Å². The van der Waals surface area contributed by atoms with E-state index >= 15 is 0 Å². The first-order chi connectivity index (χ1) is 11.7. The van der Waals surface area contributed by atoms with E-state index in [1.165, 1.54) is 16.7 Å². The van der Waals surface area contributed by atoms with Crippen LogP contribution in [0.5, 0.6) is 0 Å². The summed E-state index contributed by atoms with van der Waals surface area (Å²) in [5.41, 5.74) is 3.85. The van der Waals surface area contributed by atoms with Gasteiger partial charge in [-0.1, -0.05) is 54.6 Å². The first kappa shape index (κ1) is 18.0. The minimum Gasteiger partial charge on any atom is -0.357 e. The van der Waals surface area contributed by atoms with E-state index in [9.17, 15) is 0 Å². The van der Waals surface area contributed by atoms with Crippen molar-refractivity contribution in [3.63, 3.8) is 0 Å². The second-order valence-corrected chi connectivity index (χ2v) is 6.04. The van der Waals surface area contributed by atoms with Crippen LogP contribution in [0.3, 0.4) is 0 Å². The third-order valence-corrected chi connectivity index (χ3v) is 3.66. The molecule has 0 atom stereocenters. The number of nitrogens with zero attached hydrogens (tertiary/aromatic N) is 2. The highest BCUT2D eigenvalue weighted by molar-refractivity contribution is 5.79. The van der Waals surface area contributed by atoms with Crippen LogP contribution < -0.4 is 10.6 Å². The molecule has 0 heterocycles. The van der Waals surface area contributed by atoms with Gasteiger partial charge in [-0.25, -0.2) is 4.99 Å². The van der Waals surface area contributed by atoms with Crippen molar-refractivity contribution < 1.29 is 0 Å². The van der Waals surface area contributed by atoms with E-state index in [4.69, 9.17) is 0 Å². The highest BCUT2D eigenvalue weighted by atomic mass is 15.2. The standard InChI is InChI=1S/C20H28N4/c1-4-21-20(22-14-17-10-6-5-7-11-17)23-15-18-12-8-9-13-19(18)16-24(2)3/h5-13H,4,14-16H2,1-3H3,(H2,21,22,23). The molecule has 2 rings (SSSR count). The largest absolute Gasteiger partial charge is 0.357 e. The van der Waals surface area contributed by atoms with Gasteiger partial charge in [0.25, 0.3) is 0 Å². The van der Waals surface area contributed by atoms with Crippen molar-refractivity contribution in [3.05, 3.63) is 71.3 Å². The second kappa shape index (κ2) is 9.73. The second-order valence-electron chi connectivity index (χ2n) is 6.04. The van der Waals surface area contributed by atoms with Gasteiger partial charge in [0.15, 0.2) is 5.96 Å². The van der Waals surface area contributed by atoms with Gasteiger partial charge in [-0.15, -0.1) is 0 Å². The predicted octanol–water partition coefficient (Wildman–Crippen LogP) is 3.00. The molecular formula is C20H28N4. The summed E-state index contributed by atoms with van der Waals surface area (Å²) in [6.07, 6.45) is 0. The van der Waals surface area contributed by atoms with Crippen LogP contribution in [0.25, 0.3) is 0 Å². The van der Waals surface area contributed by atoms with E-state index in [0.29, 0.717) is 6.54 Å². The fourth-order valence-corrected chi connectivity index (χ4v) is 2.50. The highest BCUT2D eigenvalue weighted by Gasteiger charge is 2.04. The molecule has 0 radical (unpaired) electrons. The Morgan fingerprint density at radius 3 is 2.25 bits per heavy atom. The molecule has 0 unspecified atom stereocenters. The van der Waals surface area contributed by atoms with Crippen molar-refractivity contribution in [2.24, 2.45) is 4.99 Å². The van der Waals surface area contributed by atoms with Gasteiger partial charge in [0.05, 0.1) is 6.54 Å². The molecule has 0 spiro atoms. The first-order valence-corrected chi connectivity index (χ1v) is 8.46. The number of hydrogen-bond acceptors (Lipinski definition) is 2. The minimum atomic E-state index is 0.676. The molecule has 4 nitrogen and oxygen atoms in total. The molecule has 4 heteroatoms. The molecule has 128 valence electrons. The summed E-state index contributed by atoms with van der Waals surface area (Å²) in [4.78, 5) is 6.86. The Morgan fingerprint density at radius 2 is 1.58 bits per heavy atom. The maximum Gasteiger partial charge on any atom is 0.191 e. The van der Waals surface area contributed by atoms with Crippen molar-refractivity contribution >= 4 is 5.96 Å². The lowest BCUT2D eigenvalue weighted by Gasteiger charge is -2.16. The molecule has 24 heavy (non-hydrogen) atoms. The minimum absolute atomic E-state index is 0.676. The van der Waals surface area contributed by atoms with E-state index < -0.39 is 0 Å². The van der Waals surface area contributed by atoms with E-state index in [1.807, 2.05) is 18.2 Å². The number of nitrogens with one attached hydrogen (secondary N) is 2. The Bertz CT molecular complexity index is 635. The van der Waals surface area contributed by atoms with Gasteiger partial charge in [-0.2, -0.15) is 0 Å². The van der Waals surface area contributed by atoms with Crippen molar-refractivity contribution in [2.45, 2.75) is 26.6 Å². The van der Waals surface area contributed by atoms with Gasteiger partial charge < -0.3 is 15.5 Å². The summed E-state index contributed by atoms with van der Waals surface area (Å²) in [6, 6.07) is 18.8. The van der Waals surface area contributed by atoms with Crippen LogP contribution in [0, 0.1) is 0 Å². The van der Waals surface area contributed by atoms with E-state index in [1.54, 1.807) is 0 Å². The lowest BCUT2D eigenvalue weighted by Crippen LogP contribution is -2.37. The Labute approximate surface area is 145 Å². The predicted molar refractivity (Wildman–Crippen MR) is 102 cm³/mol. The summed E-state index contributed by atoms with van der Waals surface area (Å²) >= 11 is 0. The number of hydrogen-bond donors (Lipinski definition) is 2. The van der Waals surface area contributed by atoms with Crippen LogP contribution >= 0.6 is 0 Å². The molecule has 0 fully saturated rings. The topological polar surface area (TPSA) is 39.7 Å². The van der Waals surface area contributed by atoms with Gasteiger partial charge >= 0.3 is 0 Å². The summed E-state index contributed by atoms with van der Waals surface area (Å²) in [5, 5.41) is 6.75. The maximum atomic E-state index is 4.67. The summed E-state index contributed by atoms with van der Waals surface area (Å²) in [6.45, 7) is 5.31. The van der Waals surface area contributed by atoms with Gasteiger partial charge in [-0.05, 0) is 37.7 Å². The van der Waals surface area contributed by atoms with E-state index in [2.05, 4.69) is 77.9 Å².